The summed E-state index contributed by atoms with van der Waals surface area (Å²) in [5.74, 6) is -0.236. The first-order chi connectivity index (χ1) is 8.72. The summed E-state index contributed by atoms with van der Waals surface area (Å²) in [5, 5.41) is 7.98. The number of halogens is 2. The third kappa shape index (κ3) is 3.10. The van der Waals surface area contributed by atoms with E-state index in [-0.39, 0.29) is 11.9 Å². The molecule has 0 bridgehead atoms. The van der Waals surface area contributed by atoms with E-state index in [0.717, 1.165) is 6.54 Å². The van der Waals surface area contributed by atoms with Crippen LogP contribution in [-0.2, 0) is 6.42 Å². The Labute approximate surface area is 116 Å². The van der Waals surface area contributed by atoms with Gasteiger partial charge in [-0.2, -0.15) is 11.3 Å². The van der Waals surface area contributed by atoms with Gasteiger partial charge in [-0.1, -0.05) is 24.6 Å². The quantitative estimate of drug-likeness (QED) is 0.856. The molecular formula is C14H15ClFNS. The molecule has 1 nitrogen and oxygen atoms in total. The number of hydrogen-bond donors (Lipinski definition) is 1. The van der Waals surface area contributed by atoms with Crippen molar-refractivity contribution in [2.45, 2.75) is 19.4 Å². The number of rotatable bonds is 5. The molecule has 0 aliphatic heterocycles. The molecular weight excluding hydrogens is 269 g/mol. The average molecular weight is 284 g/mol. The van der Waals surface area contributed by atoms with Crippen LogP contribution in [0.2, 0.25) is 5.02 Å². The minimum Gasteiger partial charge on any atom is -0.310 e. The molecule has 0 amide bonds. The van der Waals surface area contributed by atoms with Crippen LogP contribution in [-0.4, -0.2) is 6.54 Å². The molecule has 1 N–H and O–H groups in total. The Balaban J connectivity index is 2.24. The van der Waals surface area contributed by atoms with E-state index in [9.17, 15) is 4.39 Å². The van der Waals surface area contributed by atoms with E-state index in [1.54, 1.807) is 23.5 Å². The molecule has 1 aromatic carbocycles. The van der Waals surface area contributed by atoms with Crippen LogP contribution in [0.4, 0.5) is 4.39 Å². The highest BCUT2D eigenvalue weighted by Gasteiger charge is 2.16. The van der Waals surface area contributed by atoms with Crippen LogP contribution in [0.3, 0.4) is 0 Å². The smallest absolute Gasteiger partial charge is 0.127 e. The van der Waals surface area contributed by atoms with Gasteiger partial charge in [-0.15, -0.1) is 0 Å². The topological polar surface area (TPSA) is 12.0 Å². The normalized spacial score (nSPS) is 12.6. The minimum atomic E-state index is -0.236. The highest BCUT2D eigenvalue weighted by molar-refractivity contribution is 7.07. The first-order valence-electron chi connectivity index (χ1n) is 5.90. The second kappa shape index (κ2) is 6.32. The molecule has 0 radical (unpaired) electrons. The third-order valence-corrected chi connectivity index (χ3v) is 3.92. The molecule has 0 saturated carbocycles. The molecule has 2 rings (SSSR count). The Morgan fingerprint density at radius 2 is 2.22 bits per heavy atom. The highest BCUT2D eigenvalue weighted by Crippen LogP contribution is 2.26. The van der Waals surface area contributed by atoms with Crippen molar-refractivity contribution in [3.8, 4) is 0 Å². The summed E-state index contributed by atoms with van der Waals surface area (Å²) in [4.78, 5) is 0. The zero-order valence-electron chi connectivity index (χ0n) is 10.1. The minimum absolute atomic E-state index is 0.107. The van der Waals surface area contributed by atoms with Gasteiger partial charge in [0, 0.05) is 16.6 Å². The lowest BCUT2D eigenvalue weighted by Crippen LogP contribution is -2.23. The predicted molar refractivity (Wildman–Crippen MR) is 75.9 cm³/mol. The number of hydrogen-bond acceptors (Lipinski definition) is 2. The fourth-order valence-corrected chi connectivity index (χ4v) is 2.91. The molecule has 4 heteroatoms. The molecule has 18 heavy (non-hydrogen) atoms. The van der Waals surface area contributed by atoms with Crippen molar-refractivity contribution in [1.82, 2.24) is 5.32 Å². The molecule has 0 aliphatic carbocycles. The summed E-state index contributed by atoms with van der Waals surface area (Å²) in [7, 11) is 0. The summed E-state index contributed by atoms with van der Waals surface area (Å²) >= 11 is 7.72. The van der Waals surface area contributed by atoms with Crippen LogP contribution in [0, 0.1) is 5.82 Å². The summed E-state index contributed by atoms with van der Waals surface area (Å²) in [5.41, 5.74) is 1.76. The fourth-order valence-electron chi connectivity index (χ4n) is 1.96. The lowest BCUT2D eigenvalue weighted by atomic mass is 10.0. The Kier molecular flexibility index (Phi) is 4.75. The van der Waals surface area contributed by atoms with Crippen LogP contribution in [0.5, 0.6) is 0 Å². The lowest BCUT2D eigenvalue weighted by Gasteiger charge is -2.18. The van der Waals surface area contributed by atoms with E-state index in [4.69, 9.17) is 11.6 Å². The molecule has 1 atom stereocenters. The van der Waals surface area contributed by atoms with Gasteiger partial charge in [0.1, 0.15) is 5.82 Å². The highest BCUT2D eigenvalue weighted by atomic mass is 35.5. The van der Waals surface area contributed by atoms with Crippen molar-refractivity contribution in [2.24, 2.45) is 0 Å². The lowest BCUT2D eigenvalue weighted by molar-refractivity contribution is 0.529. The molecule has 0 fully saturated rings. The van der Waals surface area contributed by atoms with Crippen LogP contribution < -0.4 is 5.32 Å². The van der Waals surface area contributed by atoms with E-state index in [2.05, 4.69) is 16.8 Å². The fraction of sp³-hybridized carbons (Fsp3) is 0.286. The van der Waals surface area contributed by atoms with Gasteiger partial charge in [-0.05, 0) is 47.5 Å². The van der Waals surface area contributed by atoms with Crippen molar-refractivity contribution in [1.29, 1.82) is 0 Å². The SMILES string of the molecule is CCNC(Cc1c(F)cccc1Cl)c1ccsc1. The summed E-state index contributed by atoms with van der Waals surface area (Å²) in [6.07, 6.45) is 0.566. The molecule has 1 heterocycles. The van der Waals surface area contributed by atoms with E-state index >= 15 is 0 Å². The molecule has 1 aromatic heterocycles. The Morgan fingerprint density at radius 3 is 2.83 bits per heavy atom. The summed E-state index contributed by atoms with van der Waals surface area (Å²) in [6, 6.07) is 6.99. The third-order valence-electron chi connectivity index (χ3n) is 2.87. The van der Waals surface area contributed by atoms with Gasteiger partial charge < -0.3 is 5.32 Å². The van der Waals surface area contributed by atoms with Crippen LogP contribution >= 0.6 is 22.9 Å². The molecule has 0 spiro atoms. The van der Waals surface area contributed by atoms with Crippen molar-refractivity contribution in [3.05, 3.63) is 57.0 Å². The van der Waals surface area contributed by atoms with Gasteiger partial charge >= 0.3 is 0 Å². The molecule has 0 saturated heterocycles. The average Bonchev–Trinajstić information content (AvgIpc) is 2.86. The first-order valence-corrected chi connectivity index (χ1v) is 7.22. The molecule has 2 aromatic rings. The second-order valence-corrected chi connectivity index (χ2v) is 5.26. The van der Waals surface area contributed by atoms with Gasteiger partial charge in [-0.3, -0.25) is 0 Å². The second-order valence-electron chi connectivity index (χ2n) is 4.07. The van der Waals surface area contributed by atoms with Gasteiger partial charge in [0.25, 0.3) is 0 Å². The first kappa shape index (κ1) is 13.5. The van der Waals surface area contributed by atoms with Crippen molar-refractivity contribution >= 4 is 22.9 Å². The number of benzene rings is 1. The zero-order chi connectivity index (χ0) is 13.0. The van der Waals surface area contributed by atoms with Crippen LogP contribution in [0.25, 0.3) is 0 Å². The monoisotopic (exact) mass is 283 g/mol. The van der Waals surface area contributed by atoms with Gasteiger partial charge in [0.05, 0.1) is 0 Å². The largest absolute Gasteiger partial charge is 0.310 e. The molecule has 96 valence electrons. The van der Waals surface area contributed by atoms with E-state index in [0.29, 0.717) is 17.0 Å². The van der Waals surface area contributed by atoms with E-state index < -0.39 is 0 Å². The standard InChI is InChI=1S/C14H15ClFNS/c1-2-17-14(10-6-7-18-9-10)8-11-12(15)4-3-5-13(11)16/h3-7,9,14,17H,2,8H2,1H3. The Hall–Kier alpha value is -0.900. The van der Waals surface area contributed by atoms with E-state index in [1.165, 1.54) is 11.6 Å². The predicted octanol–water partition coefficient (Wildman–Crippen LogP) is 4.43. The van der Waals surface area contributed by atoms with Crippen LogP contribution in [0.1, 0.15) is 24.1 Å². The van der Waals surface area contributed by atoms with Crippen molar-refractivity contribution in [2.75, 3.05) is 6.54 Å². The van der Waals surface area contributed by atoms with E-state index in [1.807, 2.05) is 12.3 Å². The number of nitrogens with one attached hydrogen (secondary N) is 1. The van der Waals surface area contributed by atoms with Gasteiger partial charge in [0.2, 0.25) is 0 Å². The van der Waals surface area contributed by atoms with Crippen LogP contribution in [0.15, 0.2) is 35.0 Å². The number of thiophene rings is 1. The maximum Gasteiger partial charge on any atom is 0.127 e. The maximum atomic E-state index is 13.8. The summed E-state index contributed by atoms with van der Waals surface area (Å²) in [6.45, 7) is 2.88. The molecule has 1 unspecified atom stereocenters. The molecule has 0 aliphatic rings. The van der Waals surface area contributed by atoms with Crippen molar-refractivity contribution < 1.29 is 4.39 Å². The Morgan fingerprint density at radius 1 is 1.39 bits per heavy atom. The van der Waals surface area contributed by atoms with Crippen molar-refractivity contribution in [3.63, 3.8) is 0 Å². The zero-order valence-corrected chi connectivity index (χ0v) is 11.7. The Bertz CT molecular complexity index is 478. The maximum absolute atomic E-state index is 13.8. The summed E-state index contributed by atoms with van der Waals surface area (Å²) < 4.78 is 13.8. The van der Waals surface area contributed by atoms with Gasteiger partial charge in [0.15, 0.2) is 0 Å². The number of likely N-dealkylation sites (N-methyl/N-ethyl adjacent to an activating group) is 1. The van der Waals surface area contributed by atoms with Gasteiger partial charge in [-0.25, -0.2) is 4.39 Å².